The third-order valence-corrected chi connectivity index (χ3v) is 4.76. The van der Waals surface area contributed by atoms with E-state index in [9.17, 15) is 15.2 Å². The molecule has 1 fully saturated rings. The Morgan fingerprint density at radius 1 is 1.17 bits per heavy atom. The lowest BCUT2D eigenvalue weighted by molar-refractivity contribution is -0.384. The maximum atomic E-state index is 10.8. The maximum Gasteiger partial charge on any atom is 0.269 e. The molecule has 0 aliphatic carbocycles. The number of phenols is 1. The Kier molecular flexibility index (Phi) is 8.90. The Bertz CT molecular complexity index is 880. The lowest BCUT2D eigenvalue weighted by Crippen LogP contribution is -2.52. The molecule has 0 aromatic heterocycles. The van der Waals surface area contributed by atoms with Gasteiger partial charge in [-0.3, -0.25) is 10.1 Å². The highest BCUT2D eigenvalue weighted by atomic mass is 127. The number of hydrogen-bond donors (Lipinski definition) is 2. The number of non-ortho nitro benzene ring substituents is 1. The van der Waals surface area contributed by atoms with E-state index in [2.05, 4.69) is 21.7 Å². The number of piperazine rings is 1. The van der Waals surface area contributed by atoms with Crippen molar-refractivity contribution >= 4 is 41.3 Å². The number of nitrogens with one attached hydrogen (secondary N) is 1. The molecular weight excluding hydrogens is 497 g/mol. The molecule has 8 nitrogen and oxygen atoms in total. The van der Waals surface area contributed by atoms with Gasteiger partial charge in [-0.25, -0.2) is 4.99 Å². The monoisotopic (exact) mass is 523 g/mol. The summed E-state index contributed by atoms with van der Waals surface area (Å²) in [5, 5.41) is 24.1. The summed E-state index contributed by atoms with van der Waals surface area (Å²) in [5.74, 6) is 1.07. The number of rotatable bonds is 6. The van der Waals surface area contributed by atoms with E-state index in [1.54, 1.807) is 24.3 Å². The molecule has 160 valence electrons. The smallest absolute Gasteiger partial charge is 0.269 e. The molecule has 3 rings (SSSR count). The first-order chi connectivity index (χ1) is 14.1. The van der Waals surface area contributed by atoms with Crippen LogP contribution < -0.4 is 10.2 Å². The number of benzene rings is 2. The largest absolute Gasteiger partial charge is 0.506 e. The summed E-state index contributed by atoms with van der Waals surface area (Å²) in [5.41, 5.74) is 1.82. The van der Waals surface area contributed by atoms with Gasteiger partial charge in [-0.15, -0.1) is 30.6 Å². The average molecular weight is 523 g/mol. The van der Waals surface area contributed by atoms with Crippen LogP contribution >= 0.6 is 24.0 Å². The van der Waals surface area contributed by atoms with Gasteiger partial charge in [0.05, 0.1) is 17.2 Å². The number of nitro groups is 1. The molecule has 1 aliphatic rings. The van der Waals surface area contributed by atoms with Gasteiger partial charge in [0, 0.05) is 44.9 Å². The third kappa shape index (κ3) is 6.09. The van der Waals surface area contributed by atoms with Crippen LogP contribution in [0.3, 0.4) is 0 Å². The van der Waals surface area contributed by atoms with E-state index >= 15 is 0 Å². The Balaban J connectivity index is 0.00000320. The molecule has 1 heterocycles. The van der Waals surface area contributed by atoms with Crippen molar-refractivity contribution in [3.8, 4) is 5.75 Å². The van der Waals surface area contributed by atoms with E-state index in [-0.39, 0.29) is 35.4 Å². The SMILES string of the molecule is C=CCNC(=NCc1ccc([N+](=O)[O-])cc1)N1CCN(c2ccccc2O)CC1.I. The number of anilines is 1. The highest BCUT2D eigenvalue weighted by molar-refractivity contribution is 14.0. The predicted octanol–water partition coefficient (Wildman–Crippen LogP) is 3.37. The minimum atomic E-state index is -0.409. The second-order valence-electron chi connectivity index (χ2n) is 6.70. The third-order valence-electron chi connectivity index (χ3n) is 4.76. The number of para-hydroxylation sites is 2. The molecule has 2 aromatic carbocycles. The Labute approximate surface area is 193 Å². The Morgan fingerprint density at radius 2 is 1.83 bits per heavy atom. The number of nitrogens with zero attached hydrogens (tertiary/aromatic N) is 4. The molecular formula is C21H26IN5O3. The van der Waals surface area contributed by atoms with E-state index in [0.717, 1.165) is 43.4 Å². The predicted molar refractivity (Wildman–Crippen MR) is 130 cm³/mol. The van der Waals surface area contributed by atoms with Gasteiger partial charge >= 0.3 is 0 Å². The highest BCUT2D eigenvalue weighted by Gasteiger charge is 2.21. The Hall–Kier alpha value is -2.82. The molecule has 30 heavy (non-hydrogen) atoms. The van der Waals surface area contributed by atoms with E-state index in [0.29, 0.717) is 13.1 Å². The van der Waals surface area contributed by atoms with Crippen LogP contribution in [0.4, 0.5) is 11.4 Å². The number of halogens is 1. The molecule has 9 heteroatoms. The summed E-state index contributed by atoms with van der Waals surface area (Å²) in [7, 11) is 0. The van der Waals surface area contributed by atoms with Crippen LogP contribution in [0.2, 0.25) is 0 Å². The lowest BCUT2D eigenvalue weighted by Gasteiger charge is -2.37. The van der Waals surface area contributed by atoms with Crippen molar-refractivity contribution in [1.29, 1.82) is 0 Å². The average Bonchev–Trinajstić information content (AvgIpc) is 2.75. The van der Waals surface area contributed by atoms with Crippen LogP contribution in [0, 0.1) is 10.1 Å². The molecule has 2 aromatic rings. The number of aromatic hydroxyl groups is 1. The summed E-state index contributed by atoms with van der Waals surface area (Å²) in [6.45, 7) is 7.83. The van der Waals surface area contributed by atoms with Crippen molar-refractivity contribution < 1.29 is 10.0 Å². The van der Waals surface area contributed by atoms with Crippen LogP contribution in [-0.4, -0.2) is 53.6 Å². The maximum absolute atomic E-state index is 10.8. The lowest BCUT2D eigenvalue weighted by atomic mass is 10.2. The molecule has 2 N–H and O–H groups in total. The first-order valence-corrected chi connectivity index (χ1v) is 9.49. The zero-order valence-corrected chi connectivity index (χ0v) is 18.9. The van der Waals surface area contributed by atoms with Crippen molar-refractivity contribution in [1.82, 2.24) is 10.2 Å². The van der Waals surface area contributed by atoms with Crippen molar-refractivity contribution in [2.24, 2.45) is 4.99 Å². The fraction of sp³-hybridized carbons (Fsp3) is 0.286. The van der Waals surface area contributed by atoms with E-state index in [1.807, 2.05) is 18.2 Å². The van der Waals surface area contributed by atoms with Crippen LogP contribution in [0.5, 0.6) is 5.75 Å². The second kappa shape index (κ2) is 11.4. The normalized spacial score (nSPS) is 14.1. The molecule has 0 amide bonds. The summed E-state index contributed by atoms with van der Waals surface area (Å²) in [4.78, 5) is 19.4. The second-order valence-corrected chi connectivity index (χ2v) is 6.70. The van der Waals surface area contributed by atoms with Crippen molar-refractivity contribution in [3.63, 3.8) is 0 Å². The molecule has 0 saturated carbocycles. The molecule has 1 saturated heterocycles. The van der Waals surface area contributed by atoms with Gasteiger partial charge in [-0.05, 0) is 17.7 Å². The standard InChI is InChI=1S/C21H25N5O3.HI/c1-2-11-22-21(23-16-17-7-9-18(10-8-17)26(28)29)25-14-12-24(13-15-25)19-5-3-4-6-20(19)27;/h2-10,27H,1,11-16H2,(H,22,23);1H. The highest BCUT2D eigenvalue weighted by Crippen LogP contribution is 2.27. The van der Waals surface area contributed by atoms with Crippen molar-refractivity contribution in [2.75, 3.05) is 37.6 Å². The van der Waals surface area contributed by atoms with Crippen LogP contribution in [0.25, 0.3) is 0 Å². The van der Waals surface area contributed by atoms with Crippen LogP contribution in [0.15, 0.2) is 66.2 Å². The van der Waals surface area contributed by atoms with Crippen LogP contribution in [0.1, 0.15) is 5.56 Å². The summed E-state index contributed by atoms with van der Waals surface area (Å²) in [6.07, 6.45) is 1.78. The van der Waals surface area contributed by atoms with Gasteiger partial charge in [-0.2, -0.15) is 0 Å². The van der Waals surface area contributed by atoms with E-state index < -0.39 is 4.92 Å². The van der Waals surface area contributed by atoms with Gasteiger partial charge in [-0.1, -0.05) is 30.3 Å². The Morgan fingerprint density at radius 3 is 2.43 bits per heavy atom. The van der Waals surface area contributed by atoms with Gasteiger partial charge in [0.15, 0.2) is 5.96 Å². The number of phenolic OH excluding ortho intramolecular Hbond substituents is 1. The van der Waals surface area contributed by atoms with Crippen LogP contribution in [-0.2, 0) is 6.54 Å². The van der Waals surface area contributed by atoms with E-state index in [1.165, 1.54) is 12.1 Å². The first-order valence-electron chi connectivity index (χ1n) is 9.49. The van der Waals surface area contributed by atoms with Gasteiger partial charge < -0.3 is 20.2 Å². The quantitative estimate of drug-likeness (QED) is 0.151. The van der Waals surface area contributed by atoms with E-state index in [4.69, 9.17) is 4.99 Å². The molecule has 0 bridgehead atoms. The number of aliphatic imine (C=N–C) groups is 1. The summed E-state index contributed by atoms with van der Waals surface area (Å²) in [6, 6.07) is 13.8. The summed E-state index contributed by atoms with van der Waals surface area (Å²) < 4.78 is 0. The number of nitro benzene ring substituents is 1. The van der Waals surface area contributed by atoms with Gasteiger partial charge in [0.1, 0.15) is 5.75 Å². The number of guanidine groups is 1. The molecule has 1 aliphatic heterocycles. The fourth-order valence-electron chi connectivity index (χ4n) is 3.21. The topological polar surface area (TPSA) is 94.2 Å². The van der Waals surface area contributed by atoms with Gasteiger partial charge in [0.25, 0.3) is 5.69 Å². The zero-order valence-electron chi connectivity index (χ0n) is 16.6. The molecule has 0 spiro atoms. The number of hydrogen-bond acceptors (Lipinski definition) is 5. The minimum absolute atomic E-state index is 0. The molecule has 0 radical (unpaired) electrons. The molecule has 0 unspecified atom stereocenters. The van der Waals surface area contributed by atoms with Crippen molar-refractivity contribution in [2.45, 2.75) is 6.54 Å². The fourth-order valence-corrected chi connectivity index (χ4v) is 3.21. The summed E-state index contributed by atoms with van der Waals surface area (Å²) >= 11 is 0. The first kappa shape index (κ1) is 23.5. The minimum Gasteiger partial charge on any atom is -0.506 e. The van der Waals surface area contributed by atoms with Gasteiger partial charge in [0.2, 0.25) is 0 Å². The molecule has 0 atom stereocenters. The zero-order chi connectivity index (χ0) is 20.6. The van der Waals surface area contributed by atoms with Crippen molar-refractivity contribution in [3.05, 3.63) is 76.9 Å².